The van der Waals surface area contributed by atoms with Crippen LogP contribution in [0.1, 0.15) is 11.6 Å². The molecule has 0 aliphatic carbocycles. The van der Waals surface area contributed by atoms with Crippen molar-refractivity contribution < 1.29 is 20.0 Å². The van der Waals surface area contributed by atoms with Crippen LogP contribution in [-0.2, 0) is 9.53 Å². The number of carbonyl (C=O) groups excluding carboxylic acids is 1. The fourth-order valence-corrected chi connectivity index (χ4v) is 1.14. The zero-order chi connectivity index (χ0) is 10.6. The van der Waals surface area contributed by atoms with Crippen molar-refractivity contribution in [2.75, 3.05) is 14.2 Å². The number of quaternary nitrogens is 1. The Bertz CT molecular complexity index is 325. The summed E-state index contributed by atoms with van der Waals surface area (Å²) in [5, 5.41) is 0. The number of ether oxygens (including phenoxy) is 2. The first kappa shape index (κ1) is 10.5. The molecule has 0 aliphatic heterocycles. The van der Waals surface area contributed by atoms with Crippen LogP contribution < -0.4 is 10.5 Å². The molecule has 4 nitrogen and oxygen atoms in total. The van der Waals surface area contributed by atoms with E-state index in [1.165, 1.54) is 7.11 Å². The molecular formula is C10H14NO3+. The van der Waals surface area contributed by atoms with Crippen LogP contribution in [0.15, 0.2) is 24.3 Å². The normalized spacial score (nSPS) is 11.9. The summed E-state index contributed by atoms with van der Waals surface area (Å²) in [7, 11) is 2.93. The van der Waals surface area contributed by atoms with E-state index < -0.39 is 6.04 Å². The number of esters is 1. The number of carbonyl (C=O) groups is 1. The van der Waals surface area contributed by atoms with E-state index in [2.05, 4.69) is 10.5 Å². The van der Waals surface area contributed by atoms with Crippen molar-refractivity contribution in [3.63, 3.8) is 0 Å². The molecule has 0 aromatic heterocycles. The number of methoxy groups -OCH3 is 2. The predicted octanol–water partition coefficient (Wildman–Crippen LogP) is 0.151. The molecule has 0 aliphatic rings. The van der Waals surface area contributed by atoms with Gasteiger partial charge in [0.1, 0.15) is 5.75 Å². The average Bonchev–Trinajstić information content (AvgIpc) is 2.27. The van der Waals surface area contributed by atoms with Crippen molar-refractivity contribution >= 4 is 5.97 Å². The monoisotopic (exact) mass is 196 g/mol. The van der Waals surface area contributed by atoms with E-state index in [0.29, 0.717) is 5.75 Å². The highest BCUT2D eigenvalue weighted by atomic mass is 16.5. The molecule has 0 saturated heterocycles. The van der Waals surface area contributed by atoms with E-state index in [-0.39, 0.29) is 5.97 Å². The molecule has 1 aromatic carbocycles. The second-order valence-corrected chi connectivity index (χ2v) is 2.85. The van der Waals surface area contributed by atoms with Gasteiger partial charge in [-0.3, -0.25) is 0 Å². The summed E-state index contributed by atoms with van der Waals surface area (Å²) in [6.45, 7) is 0. The Hall–Kier alpha value is -1.55. The van der Waals surface area contributed by atoms with Gasteiger partial charge in [0.2, 0.25) is 6.04 Å². The standard InChI is InChI=1S/C10H13NO3/c1-13-8-5-3-4-7(6-8)9(11)10(12)14-2/h3-6,9H,11H2,1-2H3/p+1/t9-/m0/s1. The van der Waals surface area contributed by atoms with Crippen LogP contribution in [-0.4, -0.2) is 20.2 Å². The largest absolute Gasteiger partial charge is 0.497 e. The van der Waals surface area contributed by atoms with Gasteiger partial charge in [-0.1, -0.05) is 12.1 Å². The summed E-state index contributed by atoms with van der Waals surface area (Å²) < 4.78 is 9.64. The molecule has 76 valence electrons. The first-order valence-corrected chi connectivity index (χ1v) is 4.24. The van der Waals surface area contributed by atoms with E-state index in [1.807, 2.05) is 18.2 Å². The molecule has 0 unspecified atom stereocenters. The zero-order valence-corrected chi connectivity index (χ0v) is 8.32. The third-order valence-electron chi connectivity index (χ3n) is 1.98. The van der Waals surface area contributed by atoms with E-state index in [1.54, 1.807) is 13.2 Å². The second-order valence-electron chi connectivity index (χ2n) is 2.85. The van der Waals surface area contributed by atoms with Gasteiger partial charge in [-0.15, -0.1) is 0 Å². The van der Waals surface area contributed by atoms with Crippen LogP contribution in [0.5, 0.6) is 5.75 Å². The lowest BCUT2D eigenvalue weighted by Crippen LogP contribution is -2.57. The highest BCUT2D eigenvalue weighted by Crippen LogP contribution is 2.17. The molecule has 0 fully saturated rings. The topological polar surface area (TPSA) is 63.2 Å². The SMILES string of the molecule is COC(=O)[C@@H]([NH3+])c1cccc(OC)c1. The lowest BCUT2D eigenvalue weighted by Gasteiger charge is -2.07. The maximum atomic E-state index is 11.2. The fourth-order valence-electron chi connectivity index (χ4n) is 1.14. The Morgan fingerprint density at radius 3 is 2.71 bits per heavy atom. The van der Waals surface area contributed by atoms with Gasteiger partial charge in [0.15, 0.2) is 0 Å². The first-order valence-electron chi connectivity index (χ1n) is 4.24. The van der Waals surface area contributed by atoms with Crippen molar-refractivity contribution in [1.82, 2.24) is 0 Å². The lowest BCUT2D eigenvalue weighted by molar-refractivity contribution is -0.414. The summed E-state index contributed by atoms with van der Waals surface area (Å²) in [6, 6.07) is 6.71. The molecule has 14 heavy (non-hydrogen) atoms. The third kappa shape index (κ3) is 2.23. The van der Waals surface area contributed by atoms with E-state index in [0.717, 1.165) is 5.56 Å². The average molecular weight is 196 g/mol. The predicted molar refractivity (Wildman–Crippen MR) is 50.6 cm³/mol. The van der Waals surface area contributed by atoms with Gasteiger partial charge >= 0.3 is 5.97 Å². The number of rotatable bonds is 3. The molecule has 1 atom stereocenters. The van der Waals surface area contributed by atoms with Crippen LogP contribution in [0.25, 0.3) is 0 Å². The molecule has 1 rings (SSSR count). The van der Waals surface area contributed by atoms with E-state index in [4.69, 9.17) is 4.74 Å². The van der Waals surface area contributed by atoms with Gasteiger partial charge in [-0.05, 0) is 12.1 Å². The van der Waals surface area contributed by atoms with Gasteiger partial charge in [0.05, 0.1) is 14.2 Å². The van der Waals surface area contributed by atoms with Gasteiger partial charge in [-0.2, -0.15) is 0 Å². The summed E-state index contributed by atoms with van der Waals surface area (Å²) >= 11 is 0. The summed E-state index contributed by atoms with van der Waals surface area (Å²) in [5.74, 6) is 0.360. The van der Waals surface area contributed by atoms with Crippen LogP contribution in [0.2, 0.25) is 0 Å². The minimum absolute atomic E-state index is 0.349. The van der Waals surface area contributed by atoms with Gasteiger partial charge < -0.3 is 15.2 Å². The van der Waals surface area contributed by atoms with Gasteiger partial charge in [-0.25, -0.2) is 4.79 Å². The highest BCUT2D eigenvalue weighted by molar-refractivity contribution is 5.75. The summed E-state index contributed by atoms with van der Waals surface area (Å²) in [6.07, 6.45) is 0. The molecule has 0 saturated carbocycles. The highest BCUT2D eigenvalue weighted by Gasteiger charge is 2.20. The Morgan fingerprint density at radius 1 is 1.43 bits per heavy atom. The van der Waals surface area contributed by atoms with Gasteiger partial charge in [0.25, 0.3) is 0 Å². The maximum Gasteiger partial charge on any atom is 0.369 e. The van der Waals surface area contributed by atoms with Crippen LogP contribution in [0, 0.1) is 0 Å². The Morgan fingerprint density at radius 2 is 2.14 bits per heavy atom. The van der Waals surface area contributed by atoms with Gasteiger partial charge in [0, 0.05) is 5.56 Å². The summed E-state index contributed by atoms with van der Waals surface area (Å²) in [5.41, 5.74) is 4.51. The number of benzene rings is 1. The summed E-state index contributed by atoms with van der Waals surface area (Å²) in [4.78, 5) is 11.2. The minimum atomic E-state index is -0.505. The quantitative estimate of drug-likeness (QED) is 0.700. The fraction of sp³-hybridized carbons (Fsp3) is 0.300. The molecule has 0 radical (unpaired) electrons. The van der Waals surface area contributed by atoms with Crippen LogP contribution in [0.4, 0.5) is 0 Å². The van der Waals surface area contributed by atoms with Crippen molar-refractivity contribution in [1.29, 1.82) is 0 Å². The molecule has 1 aromatic rings. The molecule has 0 amide bonds. The molecule has 3 N–H and O–H groups in total. The molecule has 0 heterocycles. The van der Waals surface area contributed by atoms with Crippen molar-refractivity contribution in [2.45, 2.75) is 6.04 Å². The third-order valence-corrected chi connectivity index (χ3v) is 1.98. The Labute approximate surface area is 82.6 Å². The van der Waals surface area contributed by atoms with E-state index >= 15 is 0 Å². The Balaban J connectivity index is 2.89. The molecular weight excluding hydrogens is 182 g/mol. The molecule has 4 heteroatoms. The van der Waals surface area contributed by atoms with Crippen molar-refractivity contribution in [3.8, 4) is 5.75 Å². The lowest BCUT2D eigenvalue weighted by atomic mass is 10.1. The van der Waals surface area contributed by atoms with Crippen molar-refractivity contribution in [2.24, 2.45) is 0 Å². The smallest absolute Gasteiger partial charge is 0.369 e. The van der Waals surface area contributed by atoms with E-state index in [9.17, 15) is 4.79 Å². The second kappa shape index (κ2) is 4.62. The van der Waals surface area contributed by atoms with Crippen LogP contribution >= 0.6 is 0 Å². The van der Waals surface area contributed by atoms with Crippen LogP contribution in [0.3, 0.4) is 0 Å². The molecule has 0 bridgehead atoms. The minimum Gasteiger partial charge on any atom is -0.497 e. The number of hydrogen-bond donors (Lipinski definition) is 1. The first-order chi connectivity index (χ1) is 6.69. The zero-order valence-electron chi connectivity index (χ0n) is 8.32. The molecule has 0 spiro atoms. The number of hydrogen-bond acceptors (Lipinski definition) is 3. The Kier molecular flexibility index (Phi) is 3.48. The van der Waals surface area contributed by atoms with Crippen molar-refractivity contribution in [3.05, 3.63) is 29.8 Å². The maximum absolute atomic E-state index is 11.2.